The second-order valence-corrected chi connectivity index (χ2v) is 5.08. The number of halogens is 2. The molecule has 1 saturated carbocycles. The molecule has 0 unspecified atom stereocenters. The normalized spacial score (nSPS) is 22.9. The third-order valence-corrected chi connectivity index (χ3v) is 3.67. The lowest BCUT2D eigenvalue weighted by atomic mass is 9.82. The maximum Gasteiger partial charge on any atom is 0.330 e. The summed E-state index contributed by atoms with van der Waals surface area (Å²) in [6.07, 6.45) is 6.13. The summed E-state index contributed by atoms with van der Waals surface area (Å²) < 4.78 is 31.4. The van der Waals surface area contributed by atoms with Gasteiger partial charge >= 0.3 is 5.97 Å². The highest BCUT2D eigenvalue weighted by Crippen LogP contribution is 2.34. The molecule has 0 aromatic heterocycles. The Morgan fingerprint density at radius 3 is 2.50 bits per heavy atom. The van der Waals surface area contributed by atoms with Crippen molar-refractivity contribution in [3.8, 4) is 0 Å². The molecule has 1 aromatic rings. The predicted octanol–water partition coefficient (Wildman–Crippen LogP) is 4.11. The van der Waals surface area contributed by atoms with E-state index in [1.54, 1.807) is 19.1 Å². The standard InChI is InChI=1S/C16H18F2O2/c1-2-3-16(19)20-13-7-4-11(5-8-13)12-6-9-14(17)15(18)10-12/h2-3,6,9-11,13H,4-5,7-8H2,1H3/b3-2+. The molecular weight excluding hydrogens is 262 g/mol. The number of hydrogen-bond acceptors (Lipinski definition) is 2. The molecule has 0 bridgehead atoms. The maximum absolute atomic E-state index is 13.2. The van der Waals surface area contributed by atoms with Gasteiger partial charge in [0.25, 0.3) is 0 Å². The van der Waals surface area contributed by atoms with Gasteiger partial charge in [-0.15, -0.1) is 0 Å². The molecule has 2 rings (SSSR count). The molecule has 0 saturated heterocycles. The number of carbonyl (C=O) groups excluding carboxylic acids is 1. The number of hydrogen-bond donors (Lipinski definition) is 0. The number of allylic oxidation sites excluding steroid dienone is 1. The van der Waals surface area contributed by atoms with Crippen molar-refractivity contribution >= 4 is 5.97 Å². The van der Waals surface area contributed by atoms with E-state index in [0.717, 1.165) is 31.2 Å². The van der Waals surface area contributed by atoms with Crippen LogP contribution in [0.3, 0.4) is 0 Å². The minimum absolute atomic E-state index is 0.0692. The van der Waals surface area contributed by atoms with Crippen LogP contribution in [0.2, 0.25) is 0 Å². The molecule has 0 atom stereocenters. The van der Waals surface area contributed by atoms with Gasteiger partial charge in [-0.25, -0.2) is 13.6 Å². The Morgan fingerprint density at radius 1 is 1.20 bits per heavy atom. The lowest BCUT2D eigenvalue weighted by Gasteiger charge is -2.28. The van der Waals surface area contributed by atoms with E-state index in [0.29, 0.717) is 0 Å². The van der Waals surface area contributed by atoms with Crippen molar-refractivity contribution in [1.82, 2.24) is 0 Å². The zero-order valence-corrected chi connectivity index (χ0v) is 11.4. The predicted molar refractivity (Wildman–Crippen MR) is 72.3 cm³/mol. The summed E-state index contributed by atoms with van der Waals surface area (Å²) in [5, 5.41) is 0. The maximum atomic E-state index is 13.2. The Hall–Kier alpha value is -1.71. The van der Waals surface area contributed by atoms with Crippen LogP contribution in [0, 0.1) is 11.6 Å². The Balaban J connectivity index is 1.90. The summed E-state index contributed by atoms with van der Waals surface area (Å²) in [7, 11) is 0. The average molecular weight is 280 g/mol. The van der Waals surface area contributed by atoms with E-state index in [1.165, 1.54) is 18.2 Å². The van der Waals surface area contributed by atoms with Gasteiger partial charge in [0.2, 0.25) is 0 Å². The van der Waals surface area contributed by atoms with Crippen LogP contribution in [0.25, 0.3) is 0 Å². The van der Waals surface area contributed by atoms with Gasteiger partial charge < -0.3 is 4.74 Å². The molecule has 20 heavy (non-hydrogen) atoms. The largest absolute Gasteiger partial charge is 0.459 e. The first kappa shape index (κ1) is 14.7. The summed E-state index contributed by atoms with van der Waals surface area (Å²) in [5.41, 5.74) is 0.821. The zero-order valence-electron chi connectivity index (χ0n) is 11.4. The van der Waals surface area contributed by atoms with Gasteiger partial charge in [-0.2, -0.15) is 0 Å². The fourth-order valence-electron chi connectivity index (χ4n) is 2.62. The number of ether oxygens (including phenoxy) is 1. The van der Waals surface area contributed by atoms with Crippen LogP contribution in [0.1, 0.15) is 44.1 Å². The first-order valence-corrected chi connectivity index (χ1v) is 6.88. The van der Waals surface area contributed by atoms with Gasteiger partial charge in [0.05, 0.1) is 0 Å². The van der Waals surface area contributed by atoms with Crippen LogP contribution in [0.5, 0.6) is 0 Å². The van der Waals surface area contributed by atoms with Crippen LogP contribution < -0.4 is 0 Å². The molecule has 1 fully saturated rings. The van der Waals surface area contributed by atoms with Crippen molar-refractivity contribution in [2.45, 2.75) is 44.6 Å². The highest BCUT2D eigenvalue weighted by molar-refractivity contribution is 5.81. The van der Waals surface area contributed by atoms with Crippen LogP contribution in [0.4, 0.5) is 8.78 Å². The fraction of sp³-hybridized carbons (Fsp3) is 0.438. The van der Waals surface area contributed by atoms with E-state index in [2.05, 4.69) is 0 Å². The highest BCUT2D eigenvalue weighted by atomic mass is 19.2. The number of benzene rings is 1. The highest BCUT2D eigenvalue weighted by Gasteiger charge is 2.24. The van der Waals surface area contributed by atoms with Crippen molar-refractivity contribution < 1.29 is 18.3 Å². The monoisotopic (exact) mass is 280 g/mol. The molecule has 1 aliphatic carbocycles. The van der Waals surface area contributed by atoms with Crippen LogP contribution >= 0.6 is 0 Å². The van der Waals surface area contributed by atoms with E-state index < -0.39 is 11.6 Å². The molecule has 0 radical (unpaired) electrons. The first-order valence-electron chi connectivity index (χ1n) is 6.88. The molecule has 1 aliphatic rings. The van der Waals surface area contributed by atoms with Gasteiger partial charge in [-0.3, -0.25) is 0 Å². The molecule has 0 aliphatic heterocycles. The summed E-state index contributed by atoms with van der Waals surface area (Å²) in [4.78, 5) is 11.3. The Labute approximate surface area is 117 Å². The third kappa shape index (κ3) is 3.65. The van der Waals surface area contributed by atoms with Crippen molar-refractivity contribution in [2.24, 2.45) is 0 Å². The molecule has 1 aromatic carbocycles. The van der Waals surface area contributed by atoms with Gasteiger partial charge in [0, 0.05) is 6.08 Å². The first-order chi connectivity index (χ1) is 9.60. The minimum Gasteiger partial charge on any atom is -0.459 e. The van der Waals surface area contributed by atoms with Crippen LogP contribution in [-0.2, 0) is 9.53 Å². The van der Waals surface area contributed by atoms with E-state index in [9.17, 15) is 13.6 Å². The van der Waals surface area contributed by atoms with Gasteiger partial charge in [-0.05, 0) is 56.2 Å². The SMILES string of the molecule is C/C=C/C(=O)OC1CCC(c2ccc(F)c(F)c2)CC1. The van der Waals surface area contributed by atoms with Crippen LogP contribution in [0.15, 0.2) is 30.4 Å². The molecule has 0 spiro atoms. The van der Waals surface area contributed by atoms with E-state index in [4.69, 9.17) is 4.74 Å². The summed E-state index contributed by atoms with van der Waals surface area (Å²) in [6, 6.07) is 4.07. The number of esters is 1. The van der Waals surface area contributed by atoms with Gasteiger partial charge in [0.15, 0.2) is 11.6 Å². The second-order valence-electron chi connectivity index (χ2n) is 5.08. The fourth-order valence-corrected chi connectivity index (χ4v) is 2.62. The third-order valence-electron chi connectivity index (χ3n) is 3.67. The van der Waals surface area contributed by atoms with Crippen molar-refractivity contribution in [3.05, 3.63) is 47.5 Å². The van der Waals surface area contributed by atoms with E-state index >= 15 is 0 Å². The zero-order chi connectivity index (χ0) is 14.5. The summed E-state index contributed by atoms with van der Waals surface area (Å²) >= 11 is 0. The minimum atomic E-state index is -0.817. The lowest BCUT2D eigenvalue weighted by molar-refractivity contribution is -0.144. The topological polar surface area (TPSA) is 26.3 Å². The van der Waals surface area contributed by atoms with Crippen molar-refractivity contribution in [1.29, 1.82) is 0 Å². The van der Waals surface area contributed by atoms with Gasteiger partial charge in [-0.1, -0.05) is 12.1 Å². The van der Waals surface area contributed by atoms with E-state index in [-0.39, 0.29) is 18.0 Å². The molecule has 108 valence electrons. The molecule has 2 nitrogen and oxygen atoms in total. The van der Waals surface area contributed by atoms with E-state index in [1.807, 2.05) is 0 Å². The van der Waals surface area contributed by atoms with Gasteiger partial charge in [0.1, 0.15) is 6.10 Å². The number of carbonyl (C=O) groups is 1. The number of rotatable bonds is 3. The lowest BCUT2D eigenvalue weighted by Crippen LogP contribution is -2.23. The Kier molecular flexibility index (Phi) is 4.88. The van der Waals surface area contributed by atoms with Crippen molar-refractivity contribution in [3.63, 3.8) is 0 Å². The molecule has 0 N–H and O–H groups in total. The quantitative estimate of drug-likeness (QED) is 0.615. The molecule has 4 heteroatoms. The summed E-state index contributed by atoms with van der Waals surface area (Å²) in [5.74, 6) is -1.72. The molecule has 0 amide bonds. The second kappa shape index (κ2) is 6.64. The Bertz CT molecular complexity index is 503. The summed E-state index contributed by atoms with van der Waals surface area (Å²) in [6.45, 7) is 1.77. The Morgan fingerprint density at radius 2 is 1.90 bits per heavy atom. The van der Waals surface area contributed by atoms with Crippen molar-refractivity contribution in [2.75, 3.05) is 0 Å². The smallest absolute Gasteiger partial charge is 0.330 e. The average Bonchev–Trinajstić information content (AvgIpc) is 2.43. The molecular formula is C16H18F2O2. The molecule has 0 heterocycles. The van der Waals surface area contributed by atoms with Crippen LogP contribution in [-0.4, -0.2) is 12.1 Å².